The molecular formula is C25H22ClN3O3S. The number of nitrogens with one attached hydrogen (secondary N) is 1. The third kappa shape index (κ3) is 4.74. The molecule has 4 aromatic rings. The number of aryl methyl sites for hydroxylation is 1. The van der Waals surface area contributed by atoms with Crippen molar-refractivity contribution in [2.24, 2.45) is 0 Å². The molecule has 0 spiro atoms. The van der Waals surface area contributed by atoms with Gasteiger partial charge in [-0.1, -0.05) is 47.6 Å². The molecule has 6 nitrogen and oxygen atoms in total. The number of fused-ring (bicyclic) bond motifs is 1. The zero-order chi connectivity index (χ0) is 23.5. The molecule has 0 aliphatic rings. The van der Waals surface area contributed by atoms with E-state index in [0.717, 1.165) is 16.8 Å². The highest BCUT2D eigenvalue weighted by molar-refractivity contribution is 7.99. The van der Waals surface area contributed by atoms with E-state index in [0.29, 0.717) is 32.5 Å². The molecule has 0 saturated heterocycles. The number of aromatic nitrogens is 2. The van der Waals surface area contributed by atoms with Gasteiger partial charge in [0.1, 0.15) is 5.75 Å². The number of halogens is 1. The summed E-state index contributed by atoms with van der Waals surface area (Å²) in [5, 5.41) is 4.22. The maximum Gasteiger partial charge on any atom is 0.266 e. The molecule has 1 heterocycles. The van der Waals surface area contributed by atoms with Gasteiger partial charge in [0, 0.05) is 10.7 Å². The van der Waals surface area contributed by atoms with E-state index in [4.69, 9.17) is 16.3 Å². The van der Waals surface area contributed by atoms with Crippen molar-refractivity contribution in [2.45, 2.75) is 19.0 Å². The minimum atomic E-state index is -0.265. The van der Waals surface area contributed by atoms with Crippen LogP contribution in [0.15, 0.2) is 70.6 Å². The van der Waals surface area contributed by atoms with Crippen molar-refractivity contribution in [1.29, 1.82) is 0 Å². The fraction of sp³-hybridized carbons (Fsp3) is 0.160. The Morgan fingerprint density at radius 2 is 1.91 bits per heavy atom. The highest BCUT2D eigenvalue weighted by Crippen LogP contribution is 2.28. The second-order valence-electron chi connectivity index (χ2n) is 7.45. The number of methoxy groups -OCH3 is 1. The normalized spacial score (nSPS) is 10.9. The Labute approximate surface area is 200 Å². The van der Waals surface area contributed by atoms with E-state index in [1.807, 2.05) is 44.2 Å². The van der Waals surface area contributed by atoms with Crippen LogP contribution in [0.4, 0.5) is 5.69 Å². The third-order valence-corrected chi connectivity index (χ3v) is 6.51. The Bertz CT molecular complexity index is 1420. The van der Waals surface area contributed by atoms with E-state index in [-0.39, 0.29) is 17.2 Å². The molecule has 0 saturated carbocycles. The van der Waals surface area contributed by atoms with Crippen LogP contribution in [-0.2, 0) is 4.79 Å². The van der Waals surface area contributed by atoms with Gasteiger partial charge in [-0.25, -0.2) is 4.98 Å². The molecule has 0 bridgehead atoms. The fourth-order valence-electron chi connectivity index (χ4n) is 3.47. The maximum atomic E-state index is 13.5. The van der Waals surface area contributed by atoms with Crippen LogP contribution in [0.2, 0.25) is 5.02 Å². The van der Waals surface area contributed by atoms with Gasteiger partial charge in [0.15, 0.2) is 5.16 Å². The largest absolute Gasteiger partial charge is 0.495 e. The lowest BCUT2D eigenvalue weighted by atomic mass is 10.1. The number of ether oxygens (including phenoxy) is 1. The van der Waals surface area contributed by atoms with E-state index in [2.05, 4.69) is 10.3 Å². The van der Waals surface area contributed by atoms with Crippen LogP contribution < -0.4 is 15.6 Å². The number of hydrogen-bond donors (Lipinski definition) is 1. The SMILES string of the molecule is COc1ccccc1-n1c(SCC(=O)Nc2cccc(C)c2C)nc2cc(Cl)ccc2c1=O. The Morgan fingerprint density at radius 1 is 1.12 bits per heavy atom. The summed E-state index contributed by atoms with van der Waals surface area (Å²) in [6, 6.07) is 17.9. The number of para-hydroxylation sites is 2. The van der Waals surface area contributed by atoms with Gasteiger partial charge in [-0.2, -0.15) is 0 Å². The lowest BCUT2D eigenvalue weighted by Crippen LogP contribution is -2.23. The minimum absolute atomic E-state index is 0.0705. The maximum absolute atomic E-state index is 13.5. The standard InChI is InChI=1S/C25H22ClN3O3S/c1-15-7-6-8-19(16(15)2)27-23(30)14-33-25-28-20-13-17(26)11-12-18(20)24(31)29(25)21-9-4-5-10-22(21)32-3/h4-13H,14H2,1-3H3,(H,27,30). The van der Waals surface area contributed by atoms with Crippen molar-refractivity contribution in [1.82, 2.24) is 9.55 Å². The van der Waals surface area contributed by atoms with Crippen molar-refractivity contribution >= 4 is 45.9 Å². The molecule has 0 aliphatic heterocycles. The van der Waals surface area contributed by atoms with Gasteiger partial charge in [-0.05, 0) is 61.4 Å². The first-order valence-electron chi connectivity index (χ1n) is 10.2. The van der Waals surface area contributed by atoms with Crippen LogP contribution in [0.25, 0.3) is 16.6 Å². The predicted molar refractivity (Wildman–Crippen MR) is 134 cm³/mol. The topological polar surface area (TPSA) is 73.2 Å². The molecule has 0 unspecified atom stereocenters. The van der Waals surface area contributed by atoms with E-state index in [1.54, 1.807) is 37.4 Å². The van der Waals surface area contributed by atoms with Crippen molar-refractivity contribution in [3.8, 4) is 11.4 Å². The molecule has 4 rings (SSSR count). The summed E-state index contributed by atoms with van der Waals surface area (Å²) in [4.78, 5) is 30.9. The zero-order valence-corrected chi connectivity index (χ0v) is 20.0. The van der Waals surface area contributed by atoms with E-state index in [9.17, 15) is 9.59 Å². The Hall–Kier alpha value is -3.29. The van der Waals surface area contributed by atoms with Gasteiger partial charge in [-0.15, -0.1) is 0 Å². The molecule has 3 aromatic carbocycles. The molecule has 0 fully saturated rings. The van der Waals surface area contributed by atoms with Crippen molar-refractivity contribution in [2.75, 3.05) is 18.2 Å². The second-order valence-corrected chi connectivity index (χ2v) is 8.83. The molecule has 0 radical (unpaired) electrons. The summed E-state index contributed by atoms with van der Waals surface area (Å²) in [7, 11) is 1.54. The Kier molecular flexibility index (Phi) is 6.72. The summed E-state index contributed by atoms with van der Waals surface area (Å²) in [6.45, 7) is 3.96. The number of hydrogen-bond acceptors (Lipinski definition) is 5. The van der Waals surface area contributed by atoms with Crippen LogP contribution in [0.1, 0.15) is 11.1 Å². The summed E-state index contributed by atoms with van der Waals surface area (Å²) in [6.07, 6.45) is 0. The van der Waals surface area contributed by atoms with Gasteiger partial charge >= 0.3 is 0 Å². The third-order valence-electron chi connectivity index (χ3n) is 5.34. The summed E-state index contributed by atoms with van der Waals surface area (Å²) < 4.78 is 6.95. The Balaban J connectivity index is 1.73. The fourth-order valence-corrected chi connectivity index (χ4v) is 4.44. The lowest BCUT2D eigenvalue weighted by molar-refractivity contribution is -0.113. The second kappa shape index (κ2) is 9.68. The monoisotopic (exact) mass is 479 g/mol. The van der Waals surface area contributed by atoms with Gasteiger partial charge in [0.2, 0.25) is 5.91 Å². The van der Waals surface area contributed by atoms with Gasteiger partial charge in [0.05, 0.1) is 29.5 Å². The lowest BCUT2D eigenvalue weighted by Gasteiger charge is -2.16. The average Bonchev–Trinajstić information content (AvgIpc) is 2.80. The highest BCUT2D eigenvalue weighted by Gasteiger charge is 2.18. The smallest absolute Gasteiger partial charge is 0.266 e. The first-order valence-corrected chi connectivity index (χ1v) is 11.6. The molecule has 1 N–H and O–H groups in total. The van der Waals surface area contributed by atoms with Crippen molar-refractivity contribution < 1.29 is 9.53 Å². The molecule has 1 aromatic heterocycles. The van der Waals surface area contributed by atoms with Crippen LogP contribution in [0.5, 0.6) is 5.75 Å². The predicted octanol–water partition coefficient (Wildman–Crippen LogP) is 5.40. The minimum Gasteiger partial charge on any atom is -0.495 e. The first-order chi connectivity index (χ1) is 15.9. The summed E-state index contributed by atoms with van der Waals surface area (Å²) >= 11 is 7.31. The summed E-state index contributed by atoms with van der Waals surface area (Å²) in [5.41, 5.74) is 3.63. The molecule has 0 atom stereocenters. The number of nitrogens with zero attached hydrogens (tertiary/aromatic N) is 2. The van der Waals surface area contributed by atoms with Crippen LogP contribution >= 0.6 is 23.4 Å². The quantitative estimate of drug-likeness (QED) is 0.296. The molecule has 0 aliphatic carbocycles. The molecular weight excluding hydrogens is 458 g/mol. The number of rotatable bonds is 6. The summed E-state index contributed by atoms with van der Waals surface area (Å²) in [5.74, 6) is 0.401. The number of carbonyl (C=O) groups excluding carboxylic acids is 1. The number of carbonyl (C=O) groups is 1. The Morgan fingerprint density at radius 3 is 2.70 bits per heavy atom. The average molecular weight is 480 g/mol. The van der Waals surface area contributed by atoms with Gasteiger partial charge in [-0.3, -0.25) is 14.2 Å². The molecule has 33 heavy (non-hydrogen) atoms. The highest BCUT2D eigenvalue weighted by atomic mass is 35.5. The van der Waals surface area contributed by atoms with Gasteiger partial charge in [0.25, 0.3) is 5.56 Å². The van der Waals surface area contributed by atoms with E-state index < -0.39 is 0 Å². The first kappa shape index (κ1) is 22.9. The van der Waals surface area contributed by atoms with E-state index in [1.165, 1.54) is 16.3 Å². The van der Waals surface area contributed by atoms with Crippen molar-refractivity contribution in [3.63, 3.8) is 0 Å². The molecule has 1 amide bonds. The van der Waals surface area contributed by atoms with Crippen LogP contribution in [0.3, 0.4) is 0 Å². The number of thioether (sulfide) groups is 1. The van der Waals surface area contributed by atoms with Crippen LogP contribution in [-0.4, -0.2) is 28.3 Å². The number of benzene rings is 3. The zero-order valence-electron chi connectivity index (χ0n) is 18.4. The van der Waals surface area contributed by atoms with E-state index >= 15 is 0 Å². The number of amides is 1. The van der Waals surface area contributed by atoms with Crippen LogP contribution in [0, 0.1) is 13.8 Å². The van der Waals surface area contributed by atoms with Gasteiger partial charge < -0.3 is 10.1 Å². The molecule has 8 heteroatoms. The van der Waals surface area contributed by atoms with Crippen molar-refractivity contribution in [3.05, 3.63) is 87.2 Å². The number of anilines is 1. The molecule has 168 valence electrons.